The minimum atomic E-state index is -3.31. The van der Waals surface area contributed by atoms with Crippen molar-refractivity contribution in [3.8, 4) is 0 Å². The van der Waals surface area contributed by atoms with Gasteiger partial charge in [-0.15, -0.1) is 0 Å². The quantitative estimate of drug-likeness (QED) is 0.804. The van der Waals surface area contributed by atoms with E-state index in [1.54, 1.807) is 11.8 Å². The van der Waals surface area contributed by atoms with Crippen LogP contribution in [0.15, 0.2) is 11.6 Å². The summed E-state index contributed by atoms with van der Waals surface area (Å²) in [5.41, 5.74) is 0.617. The Morgan fingerprint density at radius 3 is 2.45 bits per heavy atom. The minimum absolute atomic E-state index is 0.0593. The molecule has 0 spiro atoms. The number of amides is 1. The predicted molar refractivity (Wildman–Crippen MR) is 80.8 cm³/mol. The van der Waals surface area contributed by atoms with Crippen LogP contribution in [0.4, 0.5) is 0 Å². The summed E-state index contributed by atoms with van der Waals surface area (Å²) in [4.78, 5) is 14.0. The van der Waals surface area contributed by atoms with Gasteiger partial charge in [-0.25, -0.2) is 13.1 Å². The fourth-order valence-electron chi connectivity index (χ4n) is 2.50. The fraction of sp³-hybridized carbons (Fsp3) is 0.786. The molecule has 0 aromatic rings. The van der Waals surface area contributed by atoms with Gasteiger partial charge >= 0.3 is 0 Å². The molecule has 1 saturated heterocycles. The number of nitrogens with zero attached hydrogens (tertiary/aromatic N) is 1. The van der Waals surface area contributed by atoms with Gasteiger partial charge in [0, 0.05) is 18.7 Å². The van der Waals surface area contributed by atoms with Crippen LogP contribution in [-0.2, 0) is 14.8 Å². The second kappa shape index (κ2) is 6.26. The van der Waals surface area contributed by atoms with Crippen molar-refractivity contribution in [2.75, 3.05) is 20.1 Å². The first-order valence-electron chi connectivity index (χ1n) is 6.98. The monoisotopic (exact) mass is 302 g/mol. The lowest BCUT2D eigenvalue weighted by Crippen LogP contribution is -2.48. The summed E-state index contributed by atoms with van der Waals surface area (Å²) in [6, 6.07) is 0. The summed E-state index contributed by atoms with van der Waals surface area (Å²) in [5.74, 6) is -0.0593. The van der Waals surface area contributed by atoms with Crippen molar-refractivity contribution >= 4 is 15.9 Å². The molecule has 0 radical (unpaired) electrons. The van der Waals surface area contributed by atoms with Crippen LogP contribution in [0.3, 0.4) is 0 Å². The summed E-state index contributed by atoms with van der Waals surface area (Å²) < 4.78 is 26.1. The van der Waals surface area contributed by atoms with Crippen LogP contribution in [-0.4, -0.2) is 44.6 Å². The van der Waals surface area contributed by atoms with E-state index in [-0.39, 0.29) is 17.9 Å². The van der Waals surface area contributed by atoms with Crippen molar-refractivity contribution in [1.82, 2.24) is 9.62 Å². The average Bonchev–Trinajstić information content (AvgIpc) is 2.36. The average molecular weight is 302 g/mol. The molecule has 20 heavy (non-hydrogen) atoms. The van der Waals surface area contributed by atoms with Crippen molar-refractivity contribution in [2.24, 2.45) is 5.41 Å². The molecule has 1 rings (SSSR count). The molecule has 0 bridgehead atoms. The highest BCUT2D eigenvalue weighted by molar-refractivity contribution is 7.90. The number of allylic oxidation sites excluding steroid dienone is 1. The van der Waals surface area contributed by atoms with Gasteiger partial charge in [0.05, 0.1) is 5.25 Å². The maximum Gasteiger partial charge on any atom is 0.249 e. The van der Waals surface area contributed by atoms with E-state index >= 15 is 0 Å². The highest BCUT2D eigenvalue weighted by Gasteiger charge is 2.32. The van der Waals surface area contributed by atoms with Crippen molar-refractivity contribution in [3.63, 3.8) is 0 Å². The summed E-state index contributed by atoms with van der Waals surface area (Å²) >= 11 is 0. The molecule has 0 aromatic heterocycles. The fourth-order valence-corrected chi connectivity index (χ4v) is 3.69. The number of hydrogen-bond acceptors (Lipinski definition) is 3. The van der Waals surface area contributed by atoms with E-state index in [1.165, 1.54) is 7.05 Å². The Morgan fingerprint density at radius 1 is 1.35 bits per heavy atom. The topological polar surface area (TPSA) is 66.5 Å². The van der Waals surface area contributed by atoms with Crippen LogP contribution in [0.2, 0.25) is 0 Å². The molecule has 1 fully saturated rings. The number of nitrogens with one attached hydrogen (secondary N) is 1. The Kier molecular flexibility index (Phi) is 5.38. The Hall–Kier alpha value is -0.880. The van der Waals surface area contributed by atoms with Gasteiger partial charge in [-0.2, -0.15) is 0 Å². The molecular formula is C14H26N2O3S. The van der Waals surface area contributed by atoms with Gasteiger partial charge in [0.25, 0.3) is 0 Å². The molecule has 1 N–H and O–H groups in total. The number of rotatable bonds is 3. The lowest BCUT2D eigenvalue weighted by molar-refractivity contribution is -0.127. The minimum Gasteiger partial charge on any atom is -0.338 e. The van der Waals surface area contributed by atoms with Crippen molar-refractivity contribution in [1.29, 1.82) is 0 Å². The van der Waals surface area contributed by atoms with E-state index in [0.29, 0.717) is 18.5 Å². The number of likely N-dealkylation sites (tertiary alicyclic amines) is 1. The Labute approximate surface area is 122 Å². The zero-order chi connectivity index (χ0) is 15.6. The second-order valence-electron chi connectivity index (χ2n) is 6.46. The largest absolute Gasteiger partial charge is 0.338 e. The molecule has 116 valence electrons. The maximum atomic E-state index is 12.4. The third-order valence-electron chi connectivity index (χ3n) is 3.38. The molecule has 1 atom stereocenters. The van der Waals surface area contributed by atoms with Gasteiger partial charge in [-0.3, -0.25) is 4.79 Å². The third kappa shape index (κ3) is 4.59. The van der Waals surface area contributed by atoms with Gasteiger partial charge in [-0.1, -0.05) is 26.8 Å². The lowest BCUT2D eigenvalue weighted by atomic mass is 9.93. The molecule has 1 aliphatic rings. The zero-order valence-corrected chi connectivity index (χ0v) is 13.9. The normalized spacial score (nSPS) is 21.9. The van der Waals surface area contributed by atoms with Gasteiger partial charge < -0.3 is 4.90 Å². The SMILES string of the molecule is CNS(=O)(=O)C1CCCN(C(=O)/C(C)=C/C(C)(C)C)C1. The molecular weight excluding hydrogens is 276 g/mol. The molecule has 0 saturated carbocycles. The predicted octanol–water partition coefficient (Wildman–Crippen LogP) is 1.52. The summed E-state index contributed by atoms with van der Waals surface area (Å²) in [7, 11) is -1.89. The highest BCUT2D eigenvalue weighted by Crippen LogP contribution is 2.21. The molecule has 1 aliphatic heterocycles. The Morgan fingerprint density at radius 2 is 1.95 bits per heavy atom. The lowest BCUT2D eigenvalue weighted by Gasteiger charge is -2.32. The van der Waals surface area contributed by atoms with E-state index < -0.39 is 15.3 Å². The molecule has 0 aliphatic carbocycles. The van der Waals surface area contributed by atoms with Crippen LogP contribution in [0.25, 0.3) is 0 Å². The molecule has 0 aromatic carbocycles. The summed E-state index contributed by atoms with van der Waals surface area (Å²) in [6.07, 6.45) is 3.26. The van der Waals surface area contributed by atoms with Crippen molar-refractivity contribution in [3.05, 3.63) is 11.6 Å². The molecule has 1 heterocycles. The highest BCUT2D eigenvalue weighted by atomic mass is 32.2. The molecule has 5 nitrogen and oxygen atoms in total. The second-order valence-corrected chi connectivity index (χ2v) is 8.62. The first-order valence-corrected chi connectivity index (χ1v) is 8.52. The smallest absolute Gasteiger partial charge is 0.249 e. The first-order chi connectivity index (χ1) is 9.07. The number of carbonyl (C=O) groups is 1. The Bertz CT molecular complexity index is 489. The number of piperidine rings is 1. The molecule has 1 amide bonds. The summed E-state index contributed by atoms with van der Waals surface area (Å²) in [5, 5.41) is -0.507. The van der Waals surface area contributed by atoms with Gasteiger partial charge in [0.15, 0.2) is 0 Å². The van der Waals surface area contributed by atoms with Gasteiger partial charge in [0.2, 0.25) is 15.9 Å². The van der Waals surface area contributed by atoms with Crippen LogP contribution >= 0.6 is 0 Å². The zero-order valence-electron chi connectivity index (χ0n) is 13.1. The number of hydrogen-bond donors (Lipinski definition) is 1. The molecule has 1 unspecified atom stereocenters. The van der Waals surface area contributed by atoms with Crippen molar-refractivity contribution in [2.45, 2.75) is 45.8 Å². The van der Waals surface area contributed by atoms with Crippen LogP contribution in [0, 0.1) is 5.41 Å². The van der Waals surface area contributed by atoms with Crippen molar-refractivity contribution < 1.29 is 13.2 Å². The van der Waals surface area contributed by atoms with E-state index in [2.05, 4.69) is 4.72 Å². The van der Waals surface area contributed by atoms with Crippen LogP contribution in [0.1, 0.15) is 40.5 Å². The van der Waals surface area contributed by atoms with Gasteiger partial charge in [-0.05, 0) is 32.2 Å². The maximum absolute atomic E-state index is 12.4. The van der Waals surface area contributed by atoms with E-state index in [1.807, 2.05) is 26.8 Å². The standard InChI is InChI=1S/C14H26N2O3S/c1-11(9-14(2,3)4)13(17)16-8-6-7-12(10-16)20(18,19)15-5/h9,12,15H,6-8,10H2,1-5H3/b11-9+. The van der Waals surface area contributed by atoms with Crippen LogP contribution < -0.4 is 4.72 Å². The van der Waals surface area contributed by atoms with E-state index in [9.17, 15) is 13.2 Å². The number of sulfonamides is 1. The summed E-state index contributed by atoms with van der Waals surface area (Å²) in [6.45, 7) is 8.81. The third-order valence-corrected chi connectivity index (χ3v) is 5.21. The van der Waals surface area contributed by atoms with Gasteiger partial charge in [0.1, 0.15) is 0 Å². The van der Waals surface area contributed by atoms with E-state index in [4.69, 9.17) is 0 Å². The first kappa shape index (κ1) is 17.2. The molecule has 6 heteroatoms. The van der Waals surface area contributed by atoms with E-state index in [0.717, 1.165) is 6.42 Å². The van der Waals surface area contributed by atoms with Crippen LogP contribution in [0.5, 0.6) is 0 Å². The Balaban J connectivity index is 2.83. The number of carbonyl (C=O) groups excluding carboxylic acids is 1.